The highest BCUT2D eigenvalue weighted by atomic mass is 31.1. The number of ether oxygens (including phenoxy) is 1. The summed E-state index contributed by atoms with van der Waals surface area (Å²) in [6, 6.07) is 6.96. The van der Waals surface area contributed by atoms with Crippen molar-refractivity contribution in [1.29, 1.82) is 0 Å². The first kappa shape index (κ1) is 19.0. The van der Waals surface area contributed by atoms with Crippen LogP contribution in [0.2, 0.25) is 0 Å². The van der Waals surface area contributed by atoms with E-state index in [1.54, 1.807) is 18.2 Å². The van der Waals surface area contributed by atoms with E-state index >= 15 is 0 Å². The second-order valence-electron chi connectivity index (χ2n) is 6.20. The summed E-state index contributed by atoms with van der Waals surface area (Å²) in [5, 5.41) is 12.4. The van der Waals surface area contributed by atoms with Crippen LogP contribution in [0.15, 0.2) is 24.3 Å². The van der Waals surface area contributed by atoms with E-state index in [2.05, 4.69) is 12.2 Å². The van der Waals surface area contributed by atoms with Crippen molar-refractivity contribution in [3.05, 3.63) is 35.4 Å². The summed E-state index contributed by atoms with van der Waals surface area (Å²) >= 11 is 0. The molecule has 2 unspecified atom stereocenters. The van der Waals surface area contributed by atoms with Gasteiger partial charge in [0.25, 0.3) is 0 Å². The molecule has 1 heterocycles. The minimum Gasteiger partial charge on any atom is -0.478 e. The number of hydrogen-bond donors (Lipinski definition) is 3. The summed E-state index contributed by atoms with van der Waals surface area (Å²) in [5.41, 5.74) is 0.882. The number of hydrogen-bond acceptors (Lipinski definition) is 4. The monoisotopic (exact) mass is 354 g/mol. The predicted octanol–water partition coefficient (Wildman–Crippen LogP) is 2.58. The number of rotatable bonds is 8. The van der Waals surface area contributed by atoms with Gasteiger partial charge in [0.05, 0.1) is 12.2 Å². The smallest absolute Gasteiger partial charge is 0.478 e. The summed E-state index contributed by atoms with van der Waals surface area (Å²) in [6.07, 6.45) is 3.02. The summed E-state index contributed by atoms with van der Waals surface area (Å²) in [7, 11) is -2.25. The lowest BCUT2D eigenvalue weighted by molar-refractivity contribution is -0.0000402. The van der Waals surface area contributed by atoms with E-state index in [-0.39, 0.29) is 23.4 Å². The molecule has 1 aromatic rings. The first-order valence-corrected chi connectivity index (χ1v) is 9.62. The van der Waals surface area contributed by atoms with Gasteiger partial charge in [0.1, 0.15) is 6.10 Å². The van der Waals surface area contributed by atoms with Gasteiger partial charge in [-0.15, -0.1) is 0 Å². The molecule has 0 spiro atoms. The molecule has 0 saturated carbocycles. The van der Waals surface area contributed by atoms with Crippen LogP contribution in [0.25, 0.3) is 0 Å². The molecule has 1 aliphatic rings. The molecule has 1 aromatic carbocycles. The Bertz CT molecular complexity index is 572. The third kappa shape index (κ3) is 5.35. The molecule has 0 aromatic heterocycles. The van der Waals surface area contributed by atoms with Crippen molar-refractivity contribution in [3.8, 4) is 0 Å². The molecule has 7 heteroatoms. The van der Waals surface area contributed by atoms with Crippen molar-refractivity contribution in [2.75, 3.05) is 13.2 Å². The van der Waals surface area contributed by atoms with E-state index in [0.29, 0.717) is 26.0 Å². The highest BCUT2D eigenvalue weighted by Crippen LogP contribution is 2.32. The molecule has 1 fully saturated rings. The molecule has 3 N–H and O–H groups in total. The lowest BCUT2D eigenvalue weighted by atomic mass is 10.0. The topological polar surface area (TPSA) is 95.9 Å². The van der Waals surface area contributed by atoms with Crippen LogP contribution in [0.5, 0.6) is 0 Å². The number of unbranched alkanes of at least 4 members (excludes halogenated alkanes) is 1. The average Bonchev–Trinajstić information content (AvgIpc) is 2.56. The number of carboxylic acid groups (broad SMARTS) is 1. The van der Waals surface area contributed by atoms with Crippen molar-refractivity contribution in [1.82, 2.24) is 5.32 Å². The second-order valence-corrected chi connectivity index (χ2v) is 7.47. The van der Waals surface area contributed by atoms with E-state index in [9.17, 15) is 14.3 Å². The second kappa shape index (κ2) is 9.23. The van der Waals surface area contributed by atoms with Gasteiger partial charge in [0.2, 0.25) is 5.66 Å². The van der Waals surface area contributed by atoms with Gasteiger partial charge < -0.3 is 15.2 Å². The first-order valence-electron chi connectivity index (χ1n) is 8.33. The van der Waals surface area contributed by atoms with Crippen LogP contribution < -0.4 is 5.32 Å². The zero-order chi connectivity index (χ0) is 17.5. The van der Waals surface area contributed by atoms with Crippen LogP contribution in [-0.4, -0.2) is 46.9 Å². The number of carboxylic acids is 1. The van der Waals surface area contributed by atoms with Crippen molar-refractivity contribution >= 4 is 14.0 Å². The lowest BCUT2D eigenvalue weighted by Crippen LogP contribution is -2.50. The van der Waals surface area contributed by atoms with Crippen LogP contribution in [0.4, 0.5) is 0 Å². The number of benzene rings is 1. The van der Waals surface area contributed by atoms with Crippen molar-refractivity contribution in [2.24, 2.45) is 0 Å². The summed E-state index contributed by atoms with van der Waals surface area (Å²) in [6.45, 7) is 3.05. The molecule has 0 amide bonds. The van der Waals surface area contributed by atoms with E-state index < -0.39 is 14.0 Å². The standard InChI is InChI=1S/C17H24NO5P/c1-2-3-7-16(24(21)22)15-10-18-14(11-23-15)9-12-5-4-6-13(8-12)17(19)20/h4-6,8,14-16,18H,2-3,7,9-11H2,1H3,(H-,19,20,21,22)/p+1/t14-,15-,16?/m1/s1. The molecule has 24 heavy (non-hydrogen) atoms. The van der Waals surface area contributed by atoms with Crippen molar-refractivity contribution in [2.45, 2.75) is 50.4 Å². The summed E-state index contributed by atoms with van der Waals surface area (Å²) in [5.74, 6) is -0.935. The van der Waals surface area contributed by atoms with Crippen LogP contribution >= 0.6 is 8.03 Å². The maximum Gasteiger partial charge on any atom is 0.511 e. The Balaban J connectivity index is 1.89. The largest absolute Gasteiger partial charge is 0.511 e. The Morgan fingerprint density at radius 1 is 1.50 bits per heavy atom. The Morgan fingerprint density at radius 3 is 2.88 bits per heavy atom. The van der Waals surface area contributed by atoms with Crippen molar-refractivity contribution in [3.63, 3.8) is 0 Å². The highest BCUT2D eigenvalue weighted by Gasteiger charge is 2.39. The number of carbonyl (C=O) groups is 1. The van der Waals surface area contributed by atoms with Gasteiger partial charge in [0, 0.05) is 12.6 Å². The molecule has 0 bridgehead atoms. The zero-order valence-electron chi connectivity index (χ0n) is 13.9. The molecule has 132 valence electrons. The number of morpholine rings is 1. The Kier molecular flexibility index (Phi) is 7.31. The molecular weight excluding hydrogens is 329 g/mol. The molecule has 1 aliphatic heterocycles. The predicted molar refractivity (Wildman–Crippen MR) is 91.8 cm³/mol. The van der Waals surface area contributed by atoms with Crippen LogP contribution in [0.1, 0.15) is 42.1 Å². The van der Waals surface area contributed by atoms with Gasteiger partial charge in [-0.3, -0.25) is 0 Å². The maximum absolute atomic E-state index is 11.6. The van der Waals surface area contributed by atoms with Gasteiger partial charge in [0.15, 0.2) is 0 Å². The maximum atomic E-state index is 11.6. The lowest BCUT2D eigenvalue weighted by Gasteiger charge is -2.31. The van der Waals surface area contributed by atoms with E-state index in [0.717, 1.165) is 18.4 Å². The number of nitrogens with one attached hydrogen (secondary N) is 1. The third-order valence-electron chi connectivity index (χ3n) is 4.34. The molecule has 2 rings (SSSR count). The van der Waals surface area contributed by atoms with E-state index in [1.807, 2.05) is 6.07 Å². The van der Waals surface area contributed by atoms with Gasteiger partial charge in [-0.05, 0) is 41.5 Å². The minimum absolute atomic E-state index is 0.0775. The molecule has 0 aliphatic carbocycles. The van der Waals surface area contributed by atoms with E-state index in [1.165, 1.54) is 0 Å². The molecular formula is C17H25NO5P+. The zero-order valence-corrected chi connectivity index (χ0v) is 14.7. The molecule has 6 nitrogen and oxygen atoms in total. The number of aromatic carboxylic acids is 1. The Hall–Kier alpha value is -1.33. The molecule has 1 saturated heterocycles. The van der Waals surface area contributed by atoms with Crippen LogP contribution in [0.3, 0.4) is 0 Å². The average molecular weight is 354 g/mol. The minimum atomic E-state index is -2.25. The van der Waals surface area contributed by atoms with Gasteiger partial charge in [-0.1, -0.05) is 25.5 Å². The fraction of sp³-hybridized carbons (Fsp3) is 0.588. The SMILES string of the molecule is CCCCC([C@H]1CN[C@H](Cc2cccc(C(=O)O)c2)CO1)[P+](=O)O. The fourth-order valence-corrected chi connectivity index (χ4v) is 3.87. The summed E-state index contributed by atoms with van der Waals surface area (Å²) in [4.78, 5) is 20.5. The van der Waals surface area contributed by atoms with E-state index in [4.69, 9.17) is 9.84 Å². The van der Waals surface area contributed by atoms with Gasteiger partial charge >= 0.3 is 14.0 Å². The van der Waals surface area contributed by atoms with Crippen LogP contribution in [0, 0.1) is 0 Å². The quantitative estimate of drug-likeness (QED) is 0.621. The Morgan fingerprint density at radius 2 is 2.29 bits per heavy atom. The first-order chi connectivity index (χ1) is 11.5. The summed E-state index contributed by atoms with van der Waals surface area (Å²) < 4.78 is 17.4. The molecule has 4 atom stereocenters. The highest BCUT2D eigenvalue weighted by molar-refractivity contribution is 7.39. The fourth-order valence-electron chi connectivity index (χ4n) is 2.99. The molecule has 0 radical (unpaired) electrons. The van der Waals surface area contributed by atoms with Crippen LogP contribution in [-0.2, 0) is 15.7 Å². The third-order valence-corrected chi connectivity index (χ3v) is 5.50. The normalized spacial score (nSPS) is 22.8. The Labute approximate surface area is 143 Å². The van der Waals surface area contributed by atoms with Crippen molar-refractivity contribution < 1.29 is 24.1 Å². The van der Waals surface area contributed by atoms with Gasteiger partial charge in [-0.25, -0.2) is 4.79 Å². The van der Waals surface area contributed by atoms with Gasteiger partial charge in [-0.2, -0.15) is 4.89 Å².